The molecule has 0 unspecified atom stereocenters. The van der Waals surface area contributed by atoms with Crippen molar-refractivity contribution in [2.75, 3.05) is 0 Å². The van der Waals surface area contributed by atoms with Gasteiger partial charge in [-0.3, -0.25) is 9.59 Å². The Balaban J connectivity index is 1.94. The summed E-state index contributed by atoms with van der Waals surface area (Å²) >= 11 is 0. The van der Waals surface area contributed by atoms with Crippen LogP contribution in [0.5, 0.6) is 0 Å². The Bertz CT molecular complexity index is 2510. The third-order valence-electron chi connectivity index (χ3n) is 21.5. The molecule has 0 saturated carbocycles. The standard InChI is InChI=1S/C78H130O2Si2/c1-17-21-25-29-33-37-41-45-49-63-53-67-69(55-65(63)51-47-43-39-35-31-27-23-19-3)75(79)73-71(67)77(81(57(5)6,58(7)8)59(9)10)74-72(78(73)82(60(11)12,61(13)14)62(15)16)68-54-64(50-46-42-38-34-30-26-22-18-2)66(56-70(68)76(74)80)52-48-44-40-36-32-28-24-20-4/h53-62H,17-52H2,1-16H3. The molecule has 5 aromatic rings. The van der Waals surface area contributed by atoms with Crippen LogP contribution in [0.1, 0.15) is 338 Å². The summed E-state index contributed by atoms with van der Waals surface area (Å²) in [4.78, 5) is 33.6. The molecule has 0 radical (unpaired) electrons. The van der Waals surface area contributed by atoms with Crippen LogP contribution in [0, 0.1) is 0 Å². The van der Waals surface area contributed by atoms with Crippen LogP contribution in [0.4, 0.5) is 0 Å². The van der Waals surface area contributed by atoms with E-state index < -0.39 is 16.1 Å². The molecular formula is C78H130O2Si2. The highest BCUT2D eigenvalue weighted by Crippen LogP contribution is 2.49. The highest BCUT2D eigenvalue weighted by Gasteiger charge is 2.52. The number of unbranched alkanes of at least 4 members (excludes halogenated alkanes) is 28. The van der Waals surface area contributed by atoms with Crippen molar-refractivity contribution < 1.29 is 0 Å². The summed E-state index contributed by atoms with van der Waals surface area (Å²) in [7, 11) is -5.31. The van der Waals surface area contributed by atoms with E-state index in [4.69, 9.17) is 0 Å². The highest BCUT2D eigenvalue weighted by atomic mass is 28.3. The zero-order chi connectivity index (χ0) is 60.0. The van der Waals surface area contributed by atoms with Crippen molar-refractivity contribution in [1.82, 2.24) is 0 Å². The topological polar surface area (TPSA) is 34.1 Å². The first-order valence-electron chi connectivity index (χ1n) is 36.1. The molecule has 5 aromatic carbocycles. The van der Waals surface area contributed by atoms with Crippen molar-refractivity contribution in [3.8, 4) is 0 Å². The van der Waals surface area contributed by atoms with Gasteiger partial charge in [0.2, 0.25) is 0 Å². The number of hydrogen-bond acceptors (Lipinski definition) is 2. The molecule has 2 nitrogen and oxygen atoms in total. The Morgan fingerprint density at radius 3 is 0.634 bits per heavy atom. The van der Waals surface area contributed by atoms with Crippen molar-refractivity contribution in [3.63, 3.8) is 0 Å². The van der Waals surface area contributed by atoms with Gasteiger partial charge in [-0.2, -0.15) is 0 Å². The Morgan fingerprint density at radius 2 is 0.439 bits per heavy atom. The van der Waals surface area contributed by atoms with Crippen LogP contribution in [-0.2, 0) is 25.7 Å². The molecule has 0 bridgehead atoms. The molecule has 0 aliphatic rings. The normalized spacial score (nSPS) is 13.0. The lowest BCUT2D eigenvalue weighted by Crippen LogP contribution is -2.60. The lowest BCUT2D eigenvalue weighted by atomic mass is 9.93. The fourth-order valence-corrected chi connectivity index (χ4v) is 31.7. The van der Waals surface area contributed by atoms with Crippen LogP contribution in [0.3, 0.4) is 0 Å². The van der Waals surface area contributed by atoms with Gasteiger partial charge in [-0.15, -0.1) is 0 Å². The van der Waals surface area contributed by atoms with Gasteiger partial charge >= 0.3 is 0 Å². The maximum absolute atomic E-state index is 16.8. The molecule has 0 amide bonds. The molecule has 0 N–H and O–H groups in total. The Hall–Kier alpha value is -2.57. The minimum atomic E-state index is -2.65. The Labute approximate surface area is 508 Å². The lowest BCUT2D eigenvalue weighted by Gasteiger charge is -2.47. The summed E-state index contributed by atoms with van der Waals surface area (Å²) in [6, 6.07) is 10.1. The molecule has 5 rings (SSSR count). The average Bonchev–Trinajstić information content (AvgIpc) is 2.66. The van der Waals surface area contributed by atoms with Crippen molar-refractivity contribution in [2.45, 2.75) is 375 Å². The molecule has 0 aromatic heterocycles. The summed E-state index contributed by atoms with van der Waals surface area (Å²) in [5, 5.41) is 11.6. The highest BCUT2D eigenvalue weighted by molar-refractivity contribution is 7.02. The maximum atomic E-state index is 16.8. The maximum Gasteiger partial charge on any atom is 0.194 e. The third-order valence-corrected chi connectivity index (χ3v) is 35.7. The van der Waals surface area contributed by atoms with Crippen molar-refractivity contribution >= 4 is 69.6 Å². The summed E-state index contributed by atoms with van der Waals surface area (Å²) in [6.07, 6.45) is 46.1. The molecule has 0 spiro atoms. The predicted molar refractivity (Wildman–Crippen MR) is 378 cm³/mol. The molecule has 0 atom stereocenters. The molecule has 0 aliphatic carbocycles. The van der Waals surface area contributed by atoms with Gasteiger partial charge in [0.15, 0.2) is 10.9 Å². The zero-order valence-electron chi connectivity index (χ0n) is 57.0. The summed E-state index contributed by atoms with van der Waals surface area (Å²) in [6.45, 7) is 39.3. The zero-order valence-corrected chi connectivity index (χ0v) is 59.0. The number of benzene rings is 3. The van der Waals surface area contributed by atoms with E-state index in [1.54, 1.807) is 0 Å². The van der Waals surface area contributed by atoms with Gasteiger partial charge < -0.3 is 0 Å². The molecule has 0 fully saturated rings. The van der Waals surface area contributed by atoms with E-state index in [-0.39, 0.29) is 10.9 Å². The number of aryl methyl sites for hydroxylation is 4. The fourth-order valence-electron chi connectivity index (χ4n) is 17.5. The van der Waals surface area contributed by atoms with Gasteiger partial charge in [-0.05, 0) is 151 Å². The summed E-state index contributed by atoms with van der Waals surface area (Å²) in [5.41, 5.74) is 8.63. The first kappa shape index (κ1) is 70.2. The largest absolute Gasteiger partial charge is 0.289 e. The Morgan fingerprint density at radius 1 is 0.256 bits per heavy atom. The average molecular weight is 1160 g/mol. The van der Waals surface area contributed by atoms with Crippen LogP contribution in [0.15, 0.2) is 33.9 Å². The van der Waals surface area contributed by atoms with E-state index in [0.717, 1.165) is 47.2 Å². The smallest absolute Gasteiger partial charge is 0.194 e. The minimum Gasteiger partial charge on any atom is -0.289 e. The van der Waals surface area contributed by atoms with Crippen LogP contribution in [0.2, 0.25) is 33.2 Å². The minimum absolute atomic E-state index is 0.282. The molecule has 0 saturated heterocycles. The van der Waals surface area contributed by atoms with Crippen LogP contribution < -0.4 is 21.2 Å². The Kier molecular flexibility index (Phi) is 30.2. The predicted octanol–water partition coefficient (Wildman–Crippen LogP) is 24.4. The van der Waals surface area contributed by atoms with E-state index in [9.17, 15) is 0 Å². The molecule has 0 aliphatic heterocycles. The number of fused-ring (bicyclic) bond motifs is 6. The van der Waals surface area contributed by atoms with E-state index in [0.29, 0.717) is 33.2 Å². The van der Waals surface area contributed by atoms with E-state index >= 15 is 9.59 Å². The number of rotatable bonds is 44. The molecule has 4 heteroatoms. The van der Waals surface area contributed by atoms with E-state index in [1.807, 2.05) is 0 Å². The molecule has 0 heterocycles. The van der Waals surface area contributed by atoms with Gasteiger partial charge in [0, 0.05) is 21.5 Å². The van der Waals surface area contributed by atoms with Gasteiger partial charge in [0.25, 0.3) is 0 Å². The molecule has 82 heavy (non-hydrogen) atoms. The van der Waals surface area contributed by atoms with Gasteiger partial charge in [0.1, 0.15) is 0 Å². The van der Waals surface area contributed by atoms with Crippen LogP contribution in [-0.4, -0.2) is 16.1 Å². The van der Waals surface area contributed by atoms with Gasteiger partial charge in [-0.25, -0.2) is 0 Å². The second kappa shape index (κ2) is 35.3. The van der Waals surface area contributed by atoms with Crippen molar-refractivity contribution in [3.05, 3.63) is 67.0 Å². The van der Waals surface area contributed by atoms with Gasteiger partial charge in [-0.1, -0.05) is 303 Å². The first-order valence-corrected chi connectivity index (χ1v) is 40.6. The van der Waals surface area contributed by atoms with E-state index in [2.05, 4.69) is 135 Å². The number of hydrogen-bond donors (Lipinski definition) is 0. The van der Waals surface area contributed by atoms with Crippen molar-refractivity contribution in [2.24, 2.45) is 0 Å². The fraction of sp³-hybridized carbons (Fsp3) is 0.744. The first-order chi connectivity index (χ1) is 39.5. The van der Waals surface area contributed by atoms with E-state index in [1.165, 1.54) is 260 Å². The summed E-state index contributed by atoms with van der Waals surface area (Å²) in [5.74, 6) is 0. The van der Waals surface area contributed by atoms with Gasteiger partial charge in [0.05, 0.1) is 16.1 Å². The van der Waals surface area contributed by atoms with Crippen LogP contribution >= 0.6 is 0 Å². The second-order valence-electron chi connectivity index (χ2n) is 28.9. The monoisotopic (exact) mass is 1150 g/mol. The SMILES string of the molecule is CCCCCCCCCCc1cc2c(=O)c3c([Si](C(C)C)(C(C)C)C(C)C)c4c(c([Si](C(C)C)(C(C)C)C(C)C)c3c2cc1CCCCCCCCCC)c(=O)c1cc(CCCCCCCCCC)c(CCCCCCCCCC)cc14. The van der Waals surface area contributed by atoms with Crippen LogP contribution in [0.25, 0.3) is 43.1 Å². The quantitative estimate of drug-likeness (QED) is 0.0288. The summed E-state index contributed by atoms with van der Waals surface area (Å²) < 4.78 is 0. The van der Waals surface area contributed by atoms with Crippen molar-refractivity contribution in [1.29, 1.82) is 0 Å². The molecular weight excluding hydrogens is 1030 g/mol. The third kappa shape index (κ3) is 16.5. The lowest BCUT2D eigenvalue weighted by molar-refractivity contribution is 0.571. The second-order valence-corrected chi connectivity index (χ2v) is 40.6. The molecule has 462 valence electrons.